The number of rotatable bonds is 5. The van der Waals surface area contributed by atoms with Gasteiger partial charge in [-0.3, -0.25) is 14.9 Å². The van der Waals surface area contributed by atoms with Crippen LogP contribution in [0.25, 0.3) is 11.0 Å². The predicted molar refractivity (Wildman–Crippen MR) is 76.2 cm³/mol. The van der Waals surface area contributed by atoms with Gasteiger partial charge in [-0.05, 0) is 17.8 Å². The molecule has 2 heterocycles. The van der Waals surface area contributed by atoms with Crippen LogP contribution in [0.2, 0.25) is 0 Å². The Bertz CT molecular complexity index is 590. The summed E-state index contributed by atoms with van der Waals surface area (Å²) in [5.41, 5.74) is 0.337. The second-order valence-corrected chi connectivity index (χ2v) is 5.58. The number of nitrogens with zero attached hydrogens (tertiary/aromatic N) is 2. The van der Waals surface area contributed by atoms with Gasteiger partial charge < -0.3 is 5.32 Å². The van der Waals surface area contributed by atoms with E-state index >= 15 is 0 Å². The molecule has 6 nitrogen and oxygen atoms in total. The van der Waals surface area contributed by atoms with Gasteiger partial charge in [0.25, 0.3) is 5.56 Å². The Hall–Kier alpha value is -1.85. The maximum absolute atomic E-state index is 11.8. The van der Waals surface area contributed by atoms with E-state index in [0.717, 1.165) is 6.54 Å². The van der Waals surface area contributed by atoms with Crippen molar-refractivity contribution in [3.8, 4) is 0 Å². The van der Waals surface area contributed by atoms with E-state index in [1.165, 1.54) is 6.20 Å². The normalized spacial score (nSPS) is 11.9. The lowest BCUT2D eigenvalue weighted by Gasteiger charge is -2.25. The van der Waals surface area contributed by atoms with Crippen LogP contribution in [0.1, 0.15) is 27.7 Å². The first-order valence-corrected chi connectivity index (χ1v) is 6.66. The van der Waals surface area contributed by atoms with Crippen molar-refractivity contribution in [2.24, 2.45) is 17.8 Å². The molecule has 2 aromatic rings. The van der Waals surface area contributed by atoms with Gasteiger partial charge in [-0.15, -0.1) is 0 Å². The summed E-state index contributed by atoms with van der Waals surface area (Å²) in [6.07, 6.45) is 1.48. The summed E-state index contributed by atoms with van der Waals surface area (Å²) < 4.78 is 0. The molecule has 2 aromatic heterocycles. The maximum atomic E-state index is 11.8. The molecular formula is C13H21N5O. The molecule has 0 radical (unpaired) electrons. The number of hydrogen-bond donors (Lipinski definition) is 3. The zero-order valence-electron chi connectivity index (χ0n) is 11.8. The molecule has 104 valence electrons. The highest BCUT2D eigenvalue weighted by Gasteiger charge is 2.17. The summed E-state index contributed by atoms with van der Waals surface area (Å²) in [6, 6.07) is 0. The van der Waals surface area contributed by atoms with Crippen LogP contribution < -0.4 is 10.9 Å². The molecular weight excluding hydrogens is 242 g/mol. The van der Waals surface area contributed by atoms with Gasteiger partial charge in [0.1, 0.15) is 5.39 Å². The van der Waals surface area contributed by atoms with Gasteiger partial charge in [-0.2, -0.15) is 10.1 Å². The standard InChI is InChI=1S/C13H21N5O/c1-7(2)9(8(3)4)5-14-13-16-11-10(6-15-18-11)12(19)17-13/h6-9H,5H2,1-4H3,(H3,14,15,16,17,18,19). The molecule has 3 N–H and O–H groups in total. The quantitative estimate of drug-likeness (QED) is 0.770. The van der Waals surface area contributed by atoms with Crippen molar-refractivity contribution >= 4 is 17.0 Å². The average molecular weight is 263 g/mol. The molecule has 0 aliphatic rings. The van der Waals surface area contributed by atoms with E-state index < -0.39 is 0 Å². The molecule has 0 aliphatic heterocycles. The summed E-state index contributed by atoms with van der Waals surface area (Å²) in [7, 11) is 0. The van der Waals surface area contributed by atoms with E-state index in [1.54, 1.807) is 0 Å². The fraction of sp³-hybridized carbons (Fsp3) is 0.615. The maximum Gasteiger partial charge on any atom is 0.263 e. The summed E-state index contributed by atoms with van der Waals surface area (Å²) in [5, 5.41) is 10.2. The van der Waals surface area contributed by atoms with Gasteiger partial charge in [0.15, 0.2) is 5.65 Å². The van der Waals surface area contributed by atoms with E-state index in [-0.39, 0.29) is 5.56 Å². The van der Waals surface area contributed by atoms with Crippen LogP contribution in [0.5, 0.6) is 0 Å². The minimum absolute atomic E-state index is 0.174. The largest absolute Gasteiger partial charge is 0.355 e. The third-order valence-electron chi connectivity index (χ3n) is 3.54. The Kier molecular flexibility index (Phi) is 3.87. The van der Waals surface area contributed by atoms with Gasteiger partial charge in [0.05, 0.1) is 6.20 Å². The summed E-state index contributed by atoms with van der Waals surface area (Å²) in [6.45, 7) is 9.63. The number of anilines is 1. The van der Waals surface area contributed by atoms with Crippen molar-refractivity contribution in [1.29, 1.82) is 0 Å². The highest BCUT2D eigenvalue weighted by atomic mass is 16.1. The number of aromatic nitrogens is 4. The van der Waals surface area contributed by atoms with Crippen LogP contribution in [0.3, 0.4) is 0 Å². The van der Waals surface area contributed by atoms with Gasteiger partial charge in [-0.25, -0.2) is 0 Å². The number of aromatic amines is 2. The number of nitrogens with one attached hydrogen (secondary N) is 3. The molecule has 2 rings (SSSR count). The highest BCUT2D eigenvalue weighted by molar-refractivity contribution is 5.73. The molecule has 0 amide bonds. The van der Waals surface area contributed by atoms with Crippen molar-refractivity contribution in [2.75, 3.05) is 11.9 Å². The lowest BCUT2D eigenvalue weighted by Crippen LogP contribution is -2.26. The molecule has 0 aromatic carbocycles. The third-order valence-corrected chi connectivity index (χ3v) is 3.54. The minimum Gasteiger partial charge on any atom is -0.355 e. The van der Waals surface area contributed by atoms with Crippen LogP contribution in [-0.4, -0.2) is 26.7 Å². The van der Waals surface area contributed by atoms with E-state index in [4.69, 9.17) is 0 Å². The average Bonchev–Trinajstić information content (AvgIpc) is 2.76. The molecule has 19 heavy (non-hydrogen) atoms. The second-order valence-electron chi connectivity index (χ2n) is 5.58. The zero-order valence-corrected chi connectivity index (χ0v) is 11.8. The molecule has 6 heteroatoms. The third kappa shape index (κ3) is 2.94. The predicted octanol–water partition coefficient (Wildman–Crippen LogP) is 1.99. The van der Waals surface area contributed by atoms with Crippen LogP contribution >= 0.6 is 0 Å². The van der Waals surface area contributed by atoms with E-state index in [9.17, 15) is 4.79 Å². The first-order valence-electron chi connectivity index (χ1n) is 6.66. The van der Waals surface area contributed by atoms with Crippen molar-refractivity contribution < 1.29 is 0 Å². The fourth-order valence-corrected chi connectivity index (χ4v) is 2.38. The molecule has 0 fully saturated rings. The van der Waals surface area contributed by atoms with Crippen molar-refractivity contribution in [2.45, 2.75) is 27.7 Å². The fourth-order valence-electron chi connectivity index (χ4n) is 2.38. The Morgan fingerprint density at radius 3 is 2.58 bits per heavy atom. The topological polar surface area (TPSA) is 86.5 Å². The summed E-state index contributed by atoms with van der Waals surface area (Å²) in [5.74, 6) is 2.18. The lowest BCUT2D eigenvalue weighted by atomic mass is 9.85. The molecule has 0 atom stereocenters. The Morgan fingerprint density at radius 2 is 1.95 bits per heavy atom. The van der Waals surface area contributed by atoms with Crippen LogP contribution in [0.15, 0.2) is 11.0 Å². The van der Waals surface area contributed by atoms with Gasteiger partial charge >= 0.3 is 0 Å². The molecule has 0 unspecified atom stereocenters. The Morgan fingerprint density at radius 1 is 1.26 bits per heavy atom. The first-order chi connectivity index (χ1) is 8.99. The van der Waals surface area contributed by atoms with Crippen LogP contribution in [0.4, 0.5) is 5.95 Å². The minimum atomic E-state index is -0.174. The van der Waals surface area contributed by atoms with E-state index in [2.05, 4.69) is 53.2 Å². The van der Waals surface area contributed by atoms with Crippen LogP contribution in [-0.2, 0) is 0 Å². The van der Waals surface area contributed by atoms with Gasteiger partial charge in [0, 0.05) is 6.54 Å². The summed E-state index contributed by atoms with van der Waals surface area (Å²) in [4.78, 5) is 18.8. The lowest BCUT2D eigenvalue weighted by molar-refractivity contribution is 0.304. The second kappa shape index (κ2) is 5.42. The molecule has 0 spiro atoms. The molecule has 0 bridgehead atoms. The van der Waals surface area contributed by atoms with E-state index in [0.29, 0.717) is 34.7 Å². The van der Waals surface area contributed by atoms with Gasteiger partial charge in [0.2, 0.25) is 5.95 Å². The van der Waals surface area contributed by atoms with Crippen molar-refractivity contribution in [1.82, 2.24) is 20.2 Å². The summed E-state index contributed by atoms with van der Waals surface area (Å²) >= 11 is 0. The molecule has 0 saturated heterocycles. The smallest absolute Gasteiger partial charge is 0.263 e. The first kappa shape index (κ1) is 13.6. The number of hydrogen-bond acceptors (Lipinski definition) is 4. The Balaban J connectivity index is 2.15. The highest BCUT2D eigenvalue weighted by Crippen LogP contribution is 2.20. The number of fused-ring (bicyclic) bond motifs is 1. The molecule has 0 aliphatic carbocycles. The monoisotopic (exact) mass is 263 g/mol. The van der Waals surface area contributed by atoms with Gasteiger partial charge in [-0.1, -0.05) is 27.7 Å². The van der Waals surface area contributed by atoms with Crippen LogP contribution in [0, 0.1) is 17.8 Å². The zero-order chi connectivity index (χ0) is 14.0. The Labute approximate surface area is 112 Å². The SMILES string of the molecule is CC(C)C(CNc1nc2[nH]ncc2c(=O)[nH]1)C(C)C. The van der Waals surface area contributed by atoms with E-state index in [1.807, 2.05) is 0 Å². The number of H-pyrrole nitrogens is 2. The molecule has 0 saturated carbocycles. The van der Waals surface area contributed by atoms with Crippen molar-refractivity contribution in [3.05, 3.63) is 16.6 Å². The van der Waals surface area contributed by atoms with Crippen molar-refractivity contribution in [3.63, 3.8) is 0 Å².